The lowest BCUT2D eigenvalue weighted by Gasteiger charge is -2.25. The van der Waals surface area contributed by atoms with Crippen LogP contribution in [0.1, 0.15) is 75.6 Å². The second kappa shape index (κ2) is 11.9. The van der Waals surface area contributed by atoms with Crippen molar-refractivity contribution in [3.8, 4) is 0 Å². The maximum absolute atomic E-state index is 13.3. The predicted octanol–water partition coefficient (Wildman–Crippen LogP) is 4.79. The maximum Gasteiger partial charge on any atom is 0.409 e. The van der Waals surface area contributed by atoms with Crippen molar-refractivity contribution >= 4 is 30.0 Å². The third-order valence-corrected chi connectivity index (χ3v) is 8.78. The van der Waals surface area contributed by atoms with E-state index in [9.17, 15) is 18.4 Å². The first-order valence-corrected chi connectivity index (χ1v) is 14.4. The molecule has 5 rings (SSSR count). The van der Waals surface area contributed by atoms with E-state index in [1.54, 1.807) is 4.90 Å². The Hall–Kier alpha value is -2.89. The molecule has 1 saturated heterocycles. The van der Waals surface area contributed by atoms with Crippen LogP contribution < -0.4 is 10.6 Å². The van der Waals surface area contributed by atoms with Crippen molar-refractivity contribution in [1.82, 2.24) is 20.2 Å². The normalized spacial score (nSPS) is 25.4. The van der Waals surface area contributed by atoms with Crippen LogP contribution in [-0.4, -0.2) is 78.6 Å². The molecular weight excluding hydrogens is 522 g/mol. The van der Waals surface area contributed by atoms with Crippen molar-refractivity contribution in [2.45, 2.75) is 77.9 Å². The third kappa shape index (κ3) is 7.05. The molecule has 4 fully saturated rings. The molecule has 4 aliphatic rings. The Balaban J connectivity index is 1.21. The molecule has 2 heterocycles. The SMILES string of the molecule is CC(C)COC(=O)N1CCC2(CC2NC(=O)c2cnc(NCCOC(F)F)nc2N=CC2CCC3(CC2)CC3)C1. The van der Waals surface area contributed by atoms with Crippen molar-refractivity contribution in [3.05, 3.63) is 11.8 Å². The molecule has 0 aromatic carbocycles. The Kier molecular flexibility index (Phi) is 8.53. The molecule has 10 nitrogen and oxygen atoms in total. The molecule has 0 radical (unpaired) electrons. The van der Waals surface area contributed by atoms with Gasteiger partial charge in [0.1, 0.15) is 5.56 Å². The number of nitrogens with zero attached hydrogens (tertiary/aromatic N) is 4. The average Bonchev–Trinajstić information content (AvgIpc) is 3.78. The van der Waals surface area contributed by atoms with Crippen LogP contribution in [-0.2, 0) is 9.47 Å². The molecule has 1 aliphatic heterocycles. The number of alkyl halides is 2. The van der Waals surface area contributed by atoms with Gasteiger partial charge in [0.15, 0.2) is 5.82 Å². The van der Waals surface area contributed by atoms with Gasteiger partial charge >= 0.3 is 12.7 Å². The number of carbonyl (C=O) groups excluding carboxylic acids is 2. The standard InChI is InChI=1S/C28H40F2N6O4/c1-18(2)16-40-26(38)36-11-9-28(17-36)13-21(28)34-23(37)20-15-33-25(31-10-12-39-24(29)30)35-22(20)32-14-19-3-5-27(6-4-19)7-8-27/h14-15,18-19,21,24H,3-13,16-17H2,1-2H3,(H,34,37)(H,31,33,35). The summed E-state index contributed by atoms with van der Waals surface area (Å²) in [5.41, 5.74) is 0.695. The van der Waals surface area contributed by atoms with E-state index in [0.29, 0.717) is 31.0 Å². The maximum atomic E-state index is 13.3. The van der Waals surface area contributed by atoms with Gasteiger partial charge in [0.25, 0.3) is 5.91 Å². The van der Waals surface area contributed by atoms with Gasteiger partial charge in [0.2, 0.25) is 5.95 Å². The summed E-state index contributed by atoms with van der Waals surface area (Å²) < 4.78 is 34.2. The summed E-state index contributed by atoms with van der Waals surface area (Å²) in [5, 5.41) is 5.95. The van der Waals surface area contributed by atoms with Crippen molar-refractivity contribution in [2.24, 2.45) is 27.7 Å². The van der Waals surface area contributed by atoms with E-state index >= 15 is 0 Å². The number of nitrogens with one attached hydrogen (secondary N) is 2. The summed E-state index contributed by atoms with van der Waals surface area (Å²) >= 11 is 0. The number of amides is 2. The highest BCUT2D eigenvalue weighted by molar-refractivity contribution is 5.99. The van der Waals surface area contributed by atoms with E-state index < -0.39 is 6.61 Å². The molecule has 1 aromatic rings. The quantitative estimate of drug-likeness (QED) is 0.294. The van der Waals surface area contributed by atoms with Crippen LogP contribution in [0.3, 0.4) is 0 Å². The molecule has 40 heavy (non-hydrogen) atoms. The van der Waals surface area contributed by atoms with Crippen LogP contribution in [0, 0.1) is 22.7 Å². The zero-order valence-corrected chi connectivity index (χ0v) is 23.3. The topological polar surface area (TPSA) is 118 Å². The highest BCUT2D eigenvalue weighted by atomic mass is 19.3. The van der Waals surface area contributed by atoms with Gasteiger partial charge in [-0.25, -0.2) is 14.8 Å². The minimum absolute atomic E-state index is 0.0582. The second-order valence-electron chi connectivity index (χ2n) is 12.3. The second-order valence-corrected chi connectivity index (χ2v) is 12.3. The summed E-state index contributed by atoms with van der Waals surface area (Å²) in [6.45, 7) is 2.58. The van der Waals surface area contributed by atoms with E-state index in [-0.39, 0.29) is 59.9 Å². The number of rotatable bonds is 11. The Morgan fingerprint density at radius 2 is 2.00 bits per heavy atom. The smallest absolute Gasteiger partial charge is 0.409 e. The monoisotopic (exact) mass is 562 g/mol. The molecule has 2 atom stereocenters. The molecule has 1 aromatic heterocycles. The molecule has 3 saturated carbocycles. The lowest BCUT2D eigenvalue weighted by molar-refractivity contribution is -0.125. The van der Waals surface area contributed by atoms with E-state index in [2.05, 4.69) is 30.3 Å². The van der Waals surface area contributed by atoms with Crippen LogP contribution in [0.4, 0.5) is 25.3 Å². The van der Waals surface area contributed by atoms with Crippen LogP contribution in [0.25, 0.3) is 0 Å². The fourth-order valence-corrected chi connectivity index (χ4v) is 5.90. The summed E-state index contributed by atoms with van der Waals surface area (Å²) in [6, 6.07) is -0.0582. The first-order valence-electron chi connectivity index (χ1n) is 14.4. The summed E-state index contributed by atoms with van der Waals surface area (Å²) in [7, 11) is 0. The number of anilines is 1. The van der Waals surface area contributed by atoms with Crippen molar-refractivity contribution in [2.75, 3.05) is 38.2 Å². The summed E-state index contributed by atoms with van der Waals surface area (Å²) in [6.07, 6.45) is 11.9. The van der Waals surface area contributed by atoms with Crippen molar-refractivity contribution < 1.29 is 27.8 Å². The number of ether oxygens (including phenoxy) is 2. The van der Waals surface area contributed by atoms with E-state index in [1.165, 1.54) is 31.9 Å². The fraction of sp³-hybridized carbons (Fsp3) is 0.750. The van der Waals surface area contributed by atoms with Gasteiger partial charge in [-0.3, -0.25) is 4.79 Å². The van der Waals surface area contributed by atoms with Gasteiger partial charge < -0.3 is 25.0 Å². The molecule has 2 unspecified atom stereocenters. The fourth-order valence-electron chi connectivity index (χ4n) is 5.90. The molecule has 2 spiro atoms. The number of aliphatic imine (C=N–C) groups is 1. The molecule has 220 valence electrons. The molecule has 12 heteroatoms. The Morgan fingerprint density at radius 3 is 2.70 bits per heavy atom. The van der Waals surface area contributed by atoms with Crippen LogP contribution in [0.15, 0.2) is 11.2 Å². The summed E-state index contributed by atoms with van der Waals surface area (Å²) in [4.78, 5) is 40.7. The first-order chi connectivity index (χ1) is 19.2. The van der Waals surface area contributed by atoms with E-state index in [0.717, 1.165) is 25.7 Å². The Bertz CT molecular complexity index is 1100. The molecular formula is C28H40F2N6O4. The minimum Gasteiger partial charge on any atom is -0.449 e. The Labute approximate surface area is 233 Å². The van der Waals surface area contributed by atoms with E-state index in [1.807, 2.05) is 20.1 Å². The molecule has 3 aliphatic carbocycles. The lowest BCUT2D eigenvalue weighted by atomic mass is 9.80. The highest BCUT2D eigenvalue weighted by Crippen LogP contribution is 2.57. The number of carbonyl (C=O) groups is 2. The average molecular weight is 563 g/mol. The molecule has 0 bridgehead atoms. The number of likely N-dealkylation sites (tertiary alicyclic amines) is 1. The van der Waals surface area contributed by atoms with Gasteiger partial charge in [0.05, 0.1) is 13.2 Å². The van der Waals surface area contributed by atoms with Gasteiger partial charge in [0, 0.05) is 43.5 Å². The number of halogens is 2. The third-order valence-electron chi connectivity index (χ3n) is 8.78. The van der Waals surface area contributed by atoms with Gasteiger partial charge in [-0.2, -0.15) is 13.8 Å². The van der Waals surface area contributed by atoms with Gasteiger partial charge in [-0.1, -0.05) is 13.8 Å². The van der Waals surface area contributed by atoms with Gasteiger partial charge in [-0.15, -0.1) is 0 Å². The predicted molar refractivity (Wildman–Crippen MR) is 145 cm³/mol. The lowest BCUT2D eigenvalue weighted by Crippen LogP contribution is -2.34. The number of hydrogen-bond donors (Lipinski definition) is 2. The first kappa shape index (κ1) is 28.6. The van der Waals surface area contributed by atoms with Crippen molar-refractivity contribution in [3.63, 3.8) is 0 Å². The number of hydrogen-bond acceptors (Lipinski definition) is 8. The van der Waals surface area contributed by atoms with E-state index in [4.69, 9.17) is 4.74 Å². The highest BCUT2D eigenvalue weighted by Gasteiger charge is 2.59. The summed E-state index contributed by atoms with van der Waals surface area (Å²) in [5.74, 6) is 0.725. The molecule has 2 N–H and O–H groups in total. The van der Waals surface area contributed by atoms with Crippen LogP contribution >= 0.6 is 0 Å². The molecule has 2 amide bonds. The minimum atomic E-state index is -2.84. The van der Waals surface area contributed by atoms with Crippen LogP contribution in [0.5, 0.6) is 0 Å². The van der Waals surface area contributed by atoms with Crippen molar-refractivity contribution in [1.29, 1.82) is 0 Å². The van der Waals surface area contributed by atoms with Gasteiger partial charge in [-0.05, 0) is 68.6 Å². The zero-order chi connectivity index (χ0) is 28.3. The Morgan fingerprint density at radius 1 is 1.23 bits per heavy atom. The largest absolute Gasteiger partial charge is 0.449 e. The zero-order valence-electron chi connectivity index (χ0n) is 23.3. The number of aromatic nitrogens is 2. The van der Waals surface area contributed by atoms with Crippen LogP contribution in [0.2, 0.25) is 0 Å².